The third-order valence-corrected chi connectivity index (χ3v) is 4.06. The van der Waals surface area contributed by atoms with E-state index in [1.165, 1.54) is 12.8 Å². The standard InChI is InChI=1S/C15H19ClN4/c1-20(10-11-5-4-8-17-9-11)15-14(16)18-12-6-2-3-7-13(12)19-15/h2-3,6-7,11,17H,4-5,8-10H2,1H3/t11-/m1/s1. The highest BCUT2D eigenvalue weighted by Crippen LogP contribution is 2.25. The van der Waals surface area contributed by atoms with Crippen molar-refractivity contribution in [3.05, 3.63) is 29.4 Å². The SMILES string of the molecule is CN(C[C@@H]1CCCNC1)c1nc2ccccc2nc1Cl. The summed E-state index contributed by atoms with van der Waals surface area (Å²) in [6.45, 7) is 3.17. The summed E-state index contributed by atoms with van der Waals surface area (Å²) in [6.07, 6.45) is 2.51. The minimum atomic E-state index is 0.481. The zero-order valence-electron chi connectivity index (χ0n) is 11.6. The molecule has 0 saturated carbocycles. The average molecular weight is 291 g/mol. The average Bonchev–Trinajstić information content (AvgIpc) is 2.47. The summed E-state index contributed by atoms with van der Waals surface area (Å²) in [5.41, 5.74) is 1.73. The van der Waals surface area contributed by atoms with Crippen LogP contribution >= 0.6 is 11.6 Å². The molecule has 0 bridgehead atoms. The Morgan fingerprint density at radius 1 is 1.30 bits per heavy atom. The Bertz CT molecular complexity index is 595. The number of fused-ring (bicyclic) bond motifs is 1. The lowest BCUT2D eigenvalue weighted by Crippen LogP contribution is -2.37. The smallest absolute Gasteiger partial charge is 0.172 e. The topological polar surface area (TPSA) is 41.0 Å². The van der Waals surface area contributed by atoms with Crippen LogP contribution in [0.5, 0.6) is 0 Å². The van der Waals surface area contributed by atoms with Gasteiger partial charge in [0, 0.05) is 13.6 Å². The Morgan fingerprint density at radius 3 is 2.75 bits per heavy atom. The zero-order chi connectivity index (χ0) is 13.9. The Morgan fingerprint density at radius 2 is 2.05 bits per heavy atom. The molecule has 2 aromatic rings. The van der Waals surface area contributed by atoms with Crippen molar-refractivity contribution in [2.24, 2.45) is 5.92 Å². The summed E-state index contributed by atoms with van der Waals surface area (Å²) in [5.74, 6) is 1.43. The highest BCUT2D eigenvalue weighted by Gasteiger charge is 2.18. The zero-order valence-corrected chi connectivity index (χ0v) is 12.4. The summed E-state index contributed by atoms with van der Waals surface area (Å²) in [5, 5.41) is 3.92. The summed E-state index contributed by atoms with van der Waals surface area (Å²) in [4.78, 5) is 11.2. The van der Waals surface area contributed by atoms with E-state index >= 15 is 0 Å². The van der Waals surface area contributed by atoms with Gasteiger partial charge in [0.25, 0.3) is 0 Å². The molecule has 1 N–H and O–H groups in total. The van der Waals surface area contributed by atoms with Crippen molar-refractivity contribution in [2.75, 3.05) is 31.6 Å². The van der Waals surface area contributed by atoms with Crippen LogP contribution in [0, 0.1) is 5.92 Å². The van der Waals surface area contributed by atoms with Gasteiger partial charge in [-0.3, -0.25) is 0 Å². The molecule has 0 unspecified atom stereocenters. The predicted octanol–water partition coefficient (Wildman–Crippen LogP) is 2.72. The molecule has 106 valence electrons. The normalized spacial score (nSPS) is 19.2. The number of hydrogen-bond donors (Lipinski definition) is 1. The number of piperidine rings is 1. The molecular formula is C15H19ClN4. The lowest BCUT2D eigenvalue weighted by atomic mass is 9.99. The van der Waals surface area contributed by atoms with Gasteiger partial charge in [0.15, 0.2) is 11.0 Å². The van der Waals surface area contributed by atoms with E-state index in [4.69, 9.17) is 11.6 Å². The minimum Gasteiger partial charge on any atom is -0.357 e. The van der Waals surface area contributed by atoms with Crippen LogP contribution < -0.4 is 10.2 Å². The number of hydrogen-bond acceptors (Lipinski definition) is 4. The number of halogens is 1. The minimum absolute atomic E-state index is 0.481. The summed E-state index contributed by atoms with van der Waals surface area (Å²) >= 11 is 6.28. The van der Waals surface area contributed by atoms with Gasteiger partial charge in [-0.15, -0.1) is 0 Å². The largest absolute Gasteiger partial charge is 0.357 e. The number of rotatable bonds is 3. The number of nitrogens with zero attached hydrogens (tertiary/aromatic N) is 3. The summed E-state index contributed by atoms with van der Waals surface area (Å²) < 4.78 is 0. The Kier molecular flexibility index (Phi) is 4.03. The molecule has 0 radical (unpaired) electrons. The van der Waals surface area contributed by atoms with Gasteiger partial charge >= 0.3 is 0 Å². The molecule has 1 saturated heterocycles. The van der Waals surface area contributed by atoms with Crippen molar-refractivity contribution in [2.45, 2.75) is 12.8 Å². The van der Waals surface area contributed by atoms with E-state index in [1.807, 2.05) is 31.3 Å². The Hall–Kier alpha value is -1.39. The molecule has 0 aliphatic carbocycles. The fourth-order valence-corrected chi connectivity index (χ4v) is 3.04. The third-order valence-electron chi connectivity index (χ3n) is 3.80. The second kappa shape index (κ2) is 5.94. The van der Waals surface area contributed by atoms with Crippen LogP contribution in [0.15, 0.2) is 24.3 Å². The molecule has 0 amide bonds. The molecule has 0 spiro atoms. The van der Waals surface area contributed by atoms with E-state index in [-0.39, 0.29) is 0 Å². The van der Waals surface area contributed by atoms with E-state index < -0.39 is 0 Å². The van der Waals surface area contributed by atoms with Crippen LogP contribution in [0.25, 0.3) is 11.0 Å². The van der Waals surface area contributed by atoms with Crippen LogP contribution in [-0.2, 0) is 0 Å². The molecular weight excluding hydrogens is 272 g/mol. The monoisotopic (exact) mass is 290 g/mol. The summed E-state index contributed by atoms with van der Waals surface area (Å²) in [7, 11) is 2.04. The number of aromatic nitrogens is 2. The molecule has 1 aliphatic rings. The highest BCUT2D eigenvalue weighted by molar-refractivity contribution is 6.32. The molecule has 1 atom stereocenters. The maximum absolute atomic E-state index is 6.28. The molecule has 5 heteroatoms. The van der Waals surface area contributed by atoms with Crippen molar-refractivity contribution >= 4 is 28.5 Å². The van der Waals surface area contributed by atoms with Gasteiger partial charge < -0.3 is 10.2 Å². The van der Waals surface area contributed by atoms with Crippen molar-refractivity contribution < 1.29 is 0 Å². The first kappa shape index (κ1) is 13.6. The molecule has 4 nitrogen and oxygen atoms in total. The lowest BCUT2D eigenvalue weighted by Gasteiger charge is -2.28. The van der Waals surface area contributed by atoms with Gasteiger partial charge in [0.2, 0.25) is 0 Å². The highest BCUT2D eigenvalue weighted by atomic mass is 35.5. The molecule has 1 aliphatic heterocycles. The molecule has 3 rings (SSSR count). The maximum atomic E-state index is 6.28. The second-order valence-corrected chi connectivity index (χ2v) is 5.78. The summed E-state index contributed by atoms with van der Waals surface area (Å²) in [6, 6.07) is 7.82. The molecule has 2 heterocycles. The van der Waals surface area contributed by atoms with Crippen LogP contribution in [0.2, 0.25) is 5.15 Å². The number of benzene rings is 1. The van der Waals surface area contributed by atoms with E-state index in [1.54, 1.807) is 0 Å². The number of para-hydroxylation sites is 2. The van der Waals surface area contributed by atoms with Gasteiger partial charge in [-0.1, -0.05) is 23.7 Å². The second-order valence-electron chi connectivity index (χ2n) is 5.42. The van der Waals surface area contributed by atoms with Gasteiger partial charge in [-0.25, -0.2) is 9.97 Å². The van der Waals surface area contributed by atoms with E-state index in [0.717, 1.165) is 36.5 Å². The van der Waals surface area contributed by atoms with Crippen LogP contribution in [0.1, 0.15) is 12.8 Å². The molecule has 1 aromatic carbocycles. The predicted molar refractivity (Wildman–Crippen MR) is 83.4 cm³/mol. The van der Waals surface area contributed by atoms with Crippen molar-refractivity contribution in [1.82, 2.24) is 15.3 Å². The van der Waals surface area contributed by atoms with E-state index in [2.05, 4.69) is 20.2 Å². The lowest BCUT2D eigenvalue weighted by molar-refractivity contribution is 0.380. The number of nitrogens with one attached hydrogen (secondary N) is 1. The molecule has 1 aromatic heterocycles. The van der Waals surface area contributed by atoms with Gasteiger partial charge in [-0.2, -0.15) is 0 Å². The van der Waals surface area contributed by atoms with Crippen LogP contribution in [0.4, 0.5) is 5.82 Å². The van der Waals surface area contributed by atoms with Crippen molar-refractivity contribution in [3.8, 4) is 0 Å². The Labute approximate surface area is 124 Å². The third kappa shape index (κ3) is 2.86. The van der Waals surface area contributed by atoms with Gasteiger partial charge in [0.05, 0.1) is 11.0 Å². The van der Waals surface area contributed by atoms with Gasteiger partial charge in [0.1, 0.15) is 0 Å². The fraction of sp³-hybridized carbons (Fsp3) is 0.467. The van der Waals surface area contributed by atoms with E-state index in [9.17, 15) is 0 Å². The van der Waals surface area contributed by atoms with Crippen molar-refractivity contribution in [3.63, 3.8) is 0 Å². The molecule has 20 heavy (non-hydrogen) atoms. The van der Waals surface area contributed by atoms with E-state index in [0.29, 0.717) is 11.1 Å². The van der Waals surface area contributed by atoms with Crippen molar-refractivity contribution in [1.29, 1.82) is 0 Å². The van der Waals surface area contributed by atoms with Gasteiger partial charge in [-0.05, 0) is 44.0 Å². The maximum Gasteiger partial charge on any atom is 0.172 e. The Balaban J connectivity index is 1.82. The fourth-order valence-electron chi connectivity index (χ4n) is 2.77. The first-order chi connectivity index (χ1) is 9.74. The number of anilines is 1. The first-order valence-corrected chi connectivity index (χ1v) is 7.46. The molecule has 1 fully saturated rings. The van der Waals surface area contributed by atoms with Crippen LogP contribution in [-0.4, -0.2) is 36.6 Å². The van der Waals surface area contributed by atoms with Crippen LogP contribution in [0.3, 0.4) is 0 Å². The quantitative estimate of drug-likeness (QED) is 0.944. The first-order valence-electron chi connectivity index (χ1n) is 7.08.